The van der Waals surface area contributed by atoms with Gasteiger partial charge in [0.15, 0.2) is 0 Å². The Morgan fingerprint density at radius 3 is 2.41 bits per heavy atom. The zero-order valence-electron chi connectivity index (χ0n) is 21.3. The van der Waals surface area contributed by atoms with Gasteiger partial charge in [-0.15, -0.1) is 0 Å². The van der Waals surface area contributed by atoms with E-state index in [4.69, 9.17) is 4.42 Å². The van der Waals surface area contributed by atoms with Crippen molar-refractivity contribution in [2.75, 3.05) is 5.32 Å². The van der Waals surface area contributed by atoms with E-state index in [9.17, 15) is 13.2 Å². The average Bonchev–Trinajstić information content (AvgIpc) is 3.51. The van der Waals surface area contributed by atoms with E-state index in [-0.39, 0.29) is 35.9 Å². The van der Waals surface area contributed by atoms with E-state index in [1.54, 1.807) is 46.2 Å². The predicted octanol–water partition coefficient (Wildman–Crippen LogP) is 5.65. The van der Waals surface area contributed by atoms with Crippen LogP contribution in [0.4, 0.5) is 10.5 Å². The normalized spacial score (nSPS) is 11.6. The lowest BCUT2D eigenvalue weighted by molar-refractivity contribution is 0.199. The highest BCUT2D eigenvalue weighted by atomic mass is 32.2. The van der Waals surface area contributed by atoms with Crippen LogP contribution in [0.25, 0.3) is 0 Å². The summed E-state index contributed by atoms with van der Waals surface area (Å²) in [6, 6.07) is 19.8. The van der Waals surface area contributed by atoms with Crippen LogP contribution in [0.15, 0.2) is 88.8 Å². The van der Waals surface area contributed by atoms with Crippen molar-refractivity contribution in [1.29, 1.82) is 0 Å². The van der Waals surface area contributed by atoms with Crippen LogP contribution in [0, 0.1) is 12.8 Å². The molecule has 0 unspecified atom stereocenters. The molecule has 1 N–H and O–H groups in total. The van der Waals surface area contributed by atoms with E-state index in [0.29, 0.717) is 29.2 Å². The SMILES string of the molecule is Cc1ccc(NC(=O)N(Cc2ccco2)Cc2cnc(S(=O)(=O)Cc3ccccc3)n2CC(C)C)cc1. The van der Waals surface area contributed by atoms with E-state index in [1.807, 2.05) is 63.2 Å². The molecule has 2 amide bonds. The van der Waals surface area contributed by atoms with Gasteiger partial charge in [-0.3, -0.25) is 0 Å². The van der Waals surface area contributed by atoms with Gasteiger partial charge < -0.3 is 19.2 Å². The summed E-state index contributed by atoms with van der Waals surface area (Å²) in [5.41, 5.74) is 3.08. The highest BCUT2D eigenvalue weighted by Gasteiger charge is 2.26. The van der Waals surface area contributed by atoms with Crippen LogP contribution in [0.2, 0.25) is 0 Å². The lowest BCUT2D eigenvalue weighted by Gasteiger charge is -2.24. The molecule has 2 aromatic heterocycles. The summed E-state index contributed by atoms with van der Waals surface area (Å²) in [6.07, 6.45) is 3.11. The number of amides is 2. The third-order valence-corrected chi connectivity index (χ3v) is 7.39. The molecule has 9 heteroatoms. The van der Waals surface area contributed by atoms with E-state index in [1.165, 1.54) is 0 Å². The molecule has 0 fully saturated rings. The number of aromatic nitrogens is 2. The van der Waals surface area contributed by atoms with Crippen LogP contribution >= 0.6 is 0 Å². The number of hydrogen-bond acceptors (Lipinski definition) is 5. The maximum absolute atomic E-state index is 13.4. The van der Waals surface area contributed by atoms with Gasteiger partial charge >= 0.3 is 6.03 Å². The monoisotopic (exact) mass is 520 g/mol. The summed E-state index contributed by atoms with van der Waals surface area (Å²) in [7, 11) is -3.71. The summed E-state index contributed by atoms with van der Waals surface area (Å²) in [4.78, 5) is 19.2. The number of carbonyl (C=O) groups excluding carboxylic acids is 1. The van der Waals surface area contributed by atoms with Crippen LogP contribution in [-0.2, 0) is 35.2 Å². The number of sulfone groups is 1. The van der Waals surface area contributed by atoms with Crippen LogP contribution < -0.4 is 5.32 Å². The molecule has 0 aliphatic heterocycles. The molecular weight excluding hydrogens is 488 g/mol. The minimum absolute atomic E-state index is 0.0111. The van der Waals surface area contributed by atoms with Gasteiger partial charge in [0.05, 0.1) is 37.0 Å². The van der Waals surface area contributed by atoms with E-state index in [0.717, 1.165) is 5.56 Å². The minimum Gasteiger partial charge on any atom is -0.467 e. The Hall–Kier alpha value is -3.85. The minimum atomic E-state index is -3.71. The number of furan rings is 1. The molecule has 0 aliphatic carbocycles. The van der Waals surface area contributed by atoms with Crippen molar-refractivity contribution in [1.82, 2.24) is 14.5 Å². The van der Waals surface area contributed by atoms with E-state index in [2.05, 4.69) is 10.3 Å². The van der Waals surface area contributed by atoms with E-state index >= 15 is 0 Å². The first-order valence-corrected chi connectivity index (χ1v) is 13.8. The smallest absolute Gasteiger partial charge is 0.322 e. The highest BCUT2D eigenvalue weighted by molar-refractivity contribution is 7.90. The van der Waals surface area contributed by atoms with Crippen molar-refractivity contribution >= 4 is 21.6 Å². The second-order valence-corrected chi connectivity index (χ2v) is 11.4. The summed E-state index contributed by atoms with van der Waals surface area (Å²) in [5, 5.41) is 2.94. The molecule has 2 heterocycles. The fourth-order valence-electron chi connectivity index (χ4n) is 4.01. The fraction of sp³-hybridized carbons (Fsp3) is 0.286. The van der Waals surface area contributed by atoms with Gasteiger partial charge in [0.25, 0.3) is 0 Å². The maximum atomic E-state index is 13.4. The zero-order chi connectivity index (χ0) is 26.4. The second kappa shape index (κ2) is 11.5. The number of urea groups is 1. The van der Waals surface area contributed by atoms with Crippen molar-refractivity contribution in [3.63, 3.8) is 0 Å². The average molecular weight is 521 g/mol. The Morgan fingerprint density at radius 2 is 1.76 bits per heavy atom. The highest BCUT2D eigenvalue weighted by Crippen LogP contribution is 2.22. The summed E-state index contributed by atoms with van der Waals surface area (Å²) < 4.78 is 34.0. The van der Waals surface area contributed by atoms with Crippen LogP contribution in [0.5, 0.6) is 0 Å². The number of benzene rings is 2. The number of carbonyl (C=O) groups is 1. The van der Waals surface area contributed by atoms with E-state index < -0.39 is 9.84 Å². The first kappa shape index (κ1) is 26.2. The van der Waals surface area contributed by atoms with Crippen molar-refractivity contribution in [3.05, 3.63) is 102 Å². The number of hydrogen-bond donors (Lipinski definition) is 1. The Morgan fingerprint density at radius 1 is 1.03 bits per heavy atom. The van der Waals surface area contributed by atoms with Crippen LogP contribution in [0.1, 0.15) is 36.4 Å². The molecule has 0 atom stereocenters. The molecule has 0 spiro atoms. The molecule has 0 bridgehead atoms. The number of anilines is 1. The van der Waals surface area contributed by atoms with Crippen LogP contribution in [-0.4, -0.2) is 28.9 Å². The summed E-state index contributed by atoms with van der Waals surface area (Å²) in [5.74, 6) is 0.635. The summed E-state index contributed by atoms with van der Waals surface area (Å²) >= 11 is 0. The van der Waals surface area contributed by atoms with Gasteiger partial charge in [-0.05, 0) is 42.7 Å². The molecule has 4 aromatic rings. The predicted molar refractivity (Wildman–Crippen MR) is 143 cm³/mol. The molecule has 0 saturated carbocycles. The zero-order valence-corrected chi connectivity index (χ0v) is 22.1. The number of imidazole rings is 1. The number of aryl methyl sites for hydroxylation is 1. The number of nitrogens with zero attached hydrogens (tertiary/aromatic N) is 3. The first-order valence-electron chi connectivity index (χ1n) is 12.2. The van der Waals surface area contributed by atoms with Gasteiger partial charge in [-0.2, -0.15) is 0 Å². The molecule has 4 rings (SSSR count). The quantitative estimate of drug-likeness (QED) is 0.291. The molecule has 194 valence electrons. The van der Waals surface area contributed by atoms with Gasteiger partial charge in [-0.25, -0.2) is 18.2 Å². The lowest BCUT2D eigenvalue weighted by Crippen LogP contribution is -2.35. The fourth-order valence-corrected chi connectivity index (χ4v) is 5.51. The Bertz CT molecular complexity index is 1410. The van der Waals surface area contributed by atoms with Crippen LogP contribution in [0.3, 0.4) is 0 Å². The van der Waals surface area contributed by atoms with Gasteiger partial charge in [0.1, 0.15) is 5.76 Å². The lowest BCUT2D eigenvalue weighted by atomic mass is 10.2. The van der Waals surface area contributed by atoms with Crippen molar-refractivity contribution in [2.45, 2.75) is 51.3 Å². The maximum Gasteiger partial charge on any atom is 0.322 e. The summed E-state index contributed by atoms with van der Waals surface area (Å²) in [6.45, 7) is 6.83. The Balaban J connectivity index is 1.64. The molecule has 0 saturated heterocycles. The van der Waals surface area contributed by atoms with Crippen molar-refractivity contribution in [3.8, 4) is 0 Å². The molecule has 2 aromatic carbocycles. The van der Waals surface area contributed by atoms with Crippen molar-refractivity contribution < 1.29 is 17.6 Å². The third kappa shape index (κ3) is 6.89. The van der Waals surface area contributed by atoms with Crippen molar-refractivity contribution in [2.24, 2.45) is 5.92 Å². The number of rotatable bonds is 10. The van der Waals surface area contributed by atoms with Gasteiger partial charge in [0.2, 0.25) is 15.0 Å². The molecule has 0 radical (unpaired) electrons. The Labute approximate surface area is 217 Å². The largest absolute Gasteiger partial charge is 0.467 e. The first-order chi connectivity index (χ1) is 17.7. The third-order valence-electron chi connectivity index (χ3n) is 5.80. The van der Waals surface area contributed by atoms with Gasteiger partial charge in [-0.1, -0.05) is 61.9 Å². The second-order valence-electron chi connectivity index (χ2n) is 9.51. The molecule has 0 aliphatic rings. The molecular formula is C28H32N4O4S. The molecule has 37 heavy (non-hydrogen) atoms. The topological polar surface area (TPSA) is 97.4 Å². The van der Waals surface area contributed by atoms with Gasteiger partial charge in [0, 0.05) is 12.2 Å². The number of nitrogens with one attached hydrogen (secondary N) is 1. The Kier molecular flexibility index (Phi) is 8.13. The standard InChI is InChI=1S/C28H32N4O4S/c1-21(2)17-32-25(16-29-28(32)37(34,35)20-23-8-5-4-6-9-23)18-31(19-26-10-7-15-36-26)27(33)30-24-13-11-22(3)12-14-24/h4-16,21H,17-20H2,1-3H3,(H,30,33). The molecule has 8 nitrogen and oxygen atoms in total.